The second-order valence-electron chi connectivity index (χ2n) is 6.43. The van der Waals surface area contributed by atoms with Crippen LogP contribution in [0.2, 0.25) is 0 Å². The van der Waals surface area contributed by atoms with E-state index < -0.39 is 0 Å². The topological polar surface area (TPSA) is 19.4 Å². The minimum atomic E-state index is 0.668. The fourth-order valence-corrected chi connectivity index (χ4v) is 3.52. The van der Waals surface area contributed by atoms with E-state index in [-0.39, 0.29) is 0 Å². The average molecular weight is 259 g/mol. The summed E-state index contributed by atoms with van der Waals surface area (Å²) >= 11 is 0. The number of piperidine rings is 2. The van der Waals surface area contributed by atoms with Crippen LogP contribution in [-0.4, -0.2) is 48.0 Å². The third-order valence-electron chi connectivity index (χ3n) is 5.12. The Morgan fingerprint density at radius 1 is 1.00 bits per heavy atom. The third-order valence-corrected chi connectivity index (χ3v) is 5.12. The van der Waals surface area contributed by atoms with E-state index in [1.807, 2.05) is 12.4 Å². The molecule has 1 aromatic rings. The summed E-state index contributed by atoms with van der Waals surface area (Å²) in [5.74, 6) is 0. The van der Waals surface area contributed by atoms with Crippen molar-refractivity contribution in [2.24, 2.45) is 5.41 Å². The highest BCUT2D eigenvalue weighted by atomic mass is 15.1. The molecule has 0 bridgehead atoms. The number of aromatic nitrogens is 1. The summed E-state index contributed by atoms with van der Waals surface area (Å²) in [6.07, 6.45) is 9.41. The monoisotopic (exact) mass is 259 g/mol. The molecule has 1 aromatic heterocycles. The molecule has 3 heterocycles. The Balaban J connectivity index is 1.52. The van der Waals surface area contributed by atoms with Gasteiger partial charge in [0.2, 0.25) is 0 Å². The summed E-state index contributed by atoms with van der Waals surface area (Å²) in [4.78, 5) is 9.18. The lowest BCUT2D eigenvalue weighted by atomic mass is 9.71. The summed E-state index contributed by atoms with van der Waals surface area (Å²) in [5.41, 5.74) is 2.07. The average Bonchev–Trinajstić information content (AvgIpc) is 2.46. The number of hydrogen-bond acceptors (Lipinski definition) is 3. The van der Waals surface area contributed by atoms with Gasteiger partial charge in [0, 0.05) is 18.9 Å². The molecule has 0 aromatic carbocycles. The molecule has 0 aliphatic carbocycles. The summed E-state index contributed by atoms with van der Waals surface area (Å²) in [6.45, 7) is 6.23. The van der Waals surface area contributed by atoms with Crippen molar-refractivity contribution in [3.05, 3.63) is 30.1 Å². The maximum absolute atomic E-state index is 4.09. The van der Waals surface area contributed by atoms with Crippen molar-refractivity contribution in [1.82, 2.24) is 14.8 Å². The fourth-order valence-electron chi connectivity index (χ4n) is 3.52. The standard InChI is InChI=1S/C16H25N3/c1-18-10-4-16(5-11-18)6-12-19(13-7-16)14-15-2-8-17-9-3-15/h2-3,8-9H,4-7,10-14H2,1H3. The van der Waals surface area contributed by atoms with Crippen molar-refractivity contribution < 1.29 is 0 Å². The minimum absolute atomic E-state index is 0.668. The predicted molar refractivity (Wildman–Crippen MR) is 77.9 cm³/mol. The number of rotatable bonds is 2. The highest BCUT2D eigenvalue weighted by Gasteiger charge is 2.36. The van der Waals surface area contributed by atoms with Gasteiger partial charge in [-0.3, -0.25) is 9.88 Å². The van der Waals surface area contributed by atoms with E-state index in [1.54, 1.807) is 0 Å². The zero-order chi connectivity index (χ0) is 13.1. The van der Waals surface area contributed by atoms with Crippen molar-refractivity contribution in [3.8, 4) is 0 Å². The van der Waals surface area contributed by atoms with Crippen LogP contribution in [0, 0.1) is 5.41 Å². The van der Waals surface area contributed by atoms with Crippen LogP contribution in [0.15, 0.2) is 24.5 Å². The van der Waals surface area contributed by atoms with Crippen LogP contribution in [0.5, 0.6) is 0 Å². The molecule has 1 spiro atoms. The maximum Gasteiger partial charge on any atom is 0.0271 e. The van der Waals surface area contributed by atoms with Crippen LogP contribution in [0.25, 0.3) is 0 Å². The molecule has 3 nitrogen and oxygen atoms in total. The van der Waals surface area contributed by atoms with Crippen LogP contribution in [0.3, 0.4) is 0 Å². The summed E-state index contributed by atoms with van der Waals surface area (Å²) in [6, 6.07) is 4.28. The summed E-state index contributed by atoms with van der Waals surface area (Å²) in [7, 11) is 2.26. The van der Waals surface area contributed by atoms with E-state index in [0.717, 1.165) is 6.54 Å². The quantitative estimate of drug-likeness (QED) is 0.813. The fraction of sp³-hybridized carbons (Fsp3) is 0.688. The van der Waals surface area contributed by atoms with Crippen LogP contribution in [0.1, 0.15) is 31.2 Å². The van der Waals surface area contributed by atoms with Gasteiger partial charge in [0.15, 0.2) is 0 Å². The van der Waals surface area contributed by atoms with Crippen LogP contribution in [-0.2, 0) is 6.54 Å². The van der Waals surface area contributed by atoms with E-state index >= 15 is 0 Å². The molecule has 104 valence electrons. The van der Waals surface area contributed by atoms with Gasteiger partial charge in [-0.15, -0.1) is 0 Å². The maximum atomic E-state index is 4.09. The van der Waals surface area contributed by atoms with E-state index in [0.29, 0.717) is 5.41 Å². The Kier molecular flexibility index (Phi) is 3.85. The molecular formula is C16H25N3. The SMILES string of the molecule is CN1CCC2(CC1)CCN(Cc1ccncc1)CC2. The molecule has 0 unspecified atom stereocenters. The lowest BCUT2D eigenvalue weighted by molar-refractivity contribution is 0.0401. The van der Waals surface area contributed by atoms with Crippen molar-refractivity contribution in [2.45, 2.75) is 32.2 Å². The molecule has 2 aliphatic heterocycles. The van der Waals surface area contributed by atoms with Gasteiger partial charge in [-0.2, -0.15) is 0 Å². The first-order valence-corrected chi connectivity index (χ1v) is 7.56. The molecule has 19 heavy (non-hydrogen) atoms. The van der Waals surface area contributed by atoms with E-state index in [1.165, 1.54) is 57.4 Å². The first kappa shape index (κ1) is 13.1. The highest BCUT2D eigenvalue weighted by Crippen LogP contribution is 2.41. The summed E-state index contributed by atoms with van der Waals surface area (Å²) < 4.78 is 0. The Labute approximate surface area is 116 Å². The second-order valence-corrected chi connectivity index (χ2v) is 6.43. The number of pyridine rings is 1. The van der Waals surface area contributed by atoms with E-state index in [4.69, 9.17) is 0 Å². The smallest absolute Gasteiger partial charge is 0.0271 e. The number of likely N-dealkylation sites (tertiary alicyclic amines) is 2. The Morgan fingerprint density at radius 2 is 1.58 bits per heavy atom. The van der Waals surface area contributed by atoms with Crippen LogP contribution in [0.4, 0.5) is 0 Å². The Hall–Kier alpha value is -0.930. The molecule has 0 amide bonds. The van der Waals surface area contributed by atoms with Gasteiger partial charge in [-0.25, -0.2) is 0 Å². The van der Waals surface area contributed by atoms with Crippen molar-refractivity contribution in [2.75, 3.05) is 33.2 Å². The normalized spacial score (nSPS) is 24.7. The molecule has 2 aliphatic rings. The van der Waals surface area contributed by atoms with E-state index in [2.05, 4.69) is 34.0 Å². The minimum Gasteiger partial charge on any atom is -0.306 e. The van der Waals surface area contributed by atoms with Crippen molar-refractivity contribution >= 4 is 0 Å². The highest BCUT2D eigenvalue weighted by molar-refractivity contribution is 5.09. The van der Waals surface area contributed by atoms with Gasteiger partial charge < -0.3 is 4.90 Å². The zero-order valence-corrected chi connectivity index (χ0v) is 12.0. The van der Waals surface area contributed by atoms with Crippen molar-refractivity contribution in [1.29, 1.82) is 0 Å². The first-order chi connectivity index (χ1) is 9.26. The van der Waals surface area contributed by atoms with Gasteiger partial charge in [0.1, 0.15) is 0 Å². The molecule has 0 saturated carbocycles. The molecule has 2 saturated heterocycles. The molecule has 3 heteroatoms. The van der Waals surface area contributed by atoms with Gasteiger partial charge in [0.25, 0.3) is 0 Å². The van der Waals surface area contributed by atoms with Gasteiger partial charge >= 0.3 is 0 Å². The zero-order valence-electron chi connectivity index (χ0n) is 12.0. The molecule has 0 N–H and O–H groups in total. The van der Waals surface area contributed by atoms with Crippen LogP contribution >= 0.6 is 0 Å². The van der Waals surface area contributed by atoms with Gasteiger partial charge in [-0.1, -0.05) is 0 Å². The Bertz CT molecular complexity index is 386. The lowest BCUT2D eigenvalue weighted by Gasteiger charge is -2.46. The predicted octanol–water partition coefficient (Wildman–Crippen LogP) is 2.39. The molecule has 0 radical (unpaired) electrons. The molecular weight excluding hydrogens is 234 g/mol. The summed E-state index contributed by atoms with van der Waals surface area (Å²) in [5, 5.41) is 0. The lowest BCUT2D eigenvalue weighted by Crippen LogP contribution is -2.45. The molecule has 0 atom stereocenters. The van der Waals surface area contributed by atoms with Crippen molar-refractivity contribution in [3.63, 3.8) is 0 Å². The largest absolute Gasteiger partial charge is 0.306 e. The second kappa shape index (κ2) is 5.59. The third kappa shape index (κ3) is 3.15. The van der Waals surface area contributed by atoms with E-state index in [9.17, 15) is 0 Å². The Morgan fingerprint density at radius 3 is 2.21 bits per heavy atom. The first-order valence-electron chi connectivity index (χ1n) is 7.56. The van der Waals surface area contributed by atoms with Crippen LogP contribution < -0.4 is 0 Å². The molecule has 3 rings (SSSR count). The number of hydrogen-bond donors (Lipinski definition) is 0. The van der Waals surface area contributed by atoms with Gasteiger partial charge in [-0.05, 0) is 82.0 Å². The molecule has 2 fully saturated rings. The van der Waals surface area contributed by atoms with Gasteiger partial charge in [0.05, 0.1) is 0 Å². The number of nitrogens with zero attached hydrogens (tertiary/aromatic N) is 3.